The second-order valence-corrected chi connectivity index (χ2v) is 3.09. The SMILES string of the molecule is CSCC1=CC=CCC1. The second kappa shape index (κ2) is 3.78. The van der Waals surface area contributed by atoms with Gasteiger partial charge in [0.1, 0.15) is 0 Å². The molecule has 0 aromatic carbocycles. The maximum absolute atomic E-state index is 2.24. The molecule has 0 saturated heterocycles. The van der Waals surface area contributed by atoms with Crippen LogP contribution in [0.15, 0.2) is 23.8 Å². The molecule has 50 valence electrons. The van der Waals surface area contributed by atoms with E-state index in [-0.39, 0.29) is 0 Å². The van der Waals surface area contributed by atoms with Gasteiger partial charge in [-0.15, -0.1) is 0 Å². The quantitative estimate of drug-likeness (QED) is 0.568. The zero-order valence-electron chi connectivity index (χ0n) is 5.76. The van der Waals surface area contributed by atoms with Gasteiger partial charge in [0.25, 0.3) is 0 Å². The fraction of sp³-hybridized carbons (Fsp3) is 0.500. The lowest BCUT2D eigenvalue weighted by molar-refractivity contribution is 0.966. The Kier molecular flexibility index (Phi) is 2.92. The van der Waals surface area contributed by atoms with Crippen LogP contribution in [0.2, 0.25) is 0 Å². The van der Waals surface area contributed by atoms with Crippen molar-refractivity contribution in [2.75, 3.05) is 12.0 Å². The van der Waals surface area contributed by atoms with E-state index in [0.717, 1.165) is 0 Å². The number of thioether (sulfide) groups is 1. The monoisotopic (exact) mass is 140 g/mol. The van der Waals surface area contributed by atoms with Crippen LogP contribution in [-0.4, -0.2) is 12.0 Å². The van der Waals surface area contributed by atoms with Crippen molar-refractivity contribution in [3.63, 3.8) is 0 Å². The maximum Gasteiger partial charge on any atom is 0.0143 e. The molecule has 1 aliphatic carbocycles. The van der Waals surface area contributed by atoms with Crippen LogP contribution in [0.4, 0.5) is 0 Å². The molecule has 1 aliphatic rings. The van der Waals surface area contributed by atoms with Crippen molar-refractivity contribution in [2.45, 2.75) is 12.8 Å². The first-order chi connectivity index (χ1) is 4.43. The molecule has 0 aliphatic heterocycles. The van der Waals surface area contributed by atoms with Crippen molar-refractivity contribution >= 4 is 11.8 Å². The van der Waals surface area contributed by atoms with Crippen molar-refractivity contribution in [1.29, 1.82) is 0 Å². The van der Waals surface area contributed by atoms with Gasteiger partial charge < -0.3 is 0 Å². The van der Waals surface area contributed by atoms with Gasteiger partial charge in [0, 0.05) is 5.75 Å². The summed E-state index contributed by atoms with van der Waals surface area (Å²) < 4.78 is 0. The minimum atomic E-state index is 1.21. The van der Waals surface area contributed by atoms with Gasteiger partial charge in [-0.05, 0) is 19.1 Å². The fourth-order valence-corrected chi connectivity index (χ4v) is 1.57. The molecule has 9 heavy (non-hydrogen) atoms. The summed E-state index contributed by atoms with van der Waals surface area (Å²) in [5.74, 6) is 1.21. The Hall–Kier alpha value is -0.170. The van der Waals surface area contributed by atoms with Crippen molar-refractivity contribution in [3.05, 3.63) is 23.8 Å². The van der Waals surface area contributed by atoms with E-state index in [2.05, 4.69) is 24.5 Å². The van der Waals surface area contributed by atoms with Gasteiger partial charge >= 0.3 is 0 Å². The molecular weight excluding hydrogens is 128 g/mol. The van der Waals surface area contributed by atoms with Crippen molar-refractivity contribution in [3.8, 4) is 0 Å². The van der Waals surface area contributed by atoms with Crippen molar-refractivity contribution < 1.29 is 0 Å². The van der Waals surface area contributed by atoms with Crippen molar-refractivity contribution in [2.24, 2.45) is 0 Å². The second-order valence-electron chi connectivity index (χ2n) is 2.22. The Labute approximate surface area is 61.0 Å². The summed E-state index contributed by atoms with van der Waals surface area (Å²) in [7, 11) is 0. The van der Waals surface area contributed by atoms with Gasteiger partial charge in [0.05, 0.1) is 0 Å². The summed E-state index contributed by atoms with van der Waals surface area (Å²) in [6.45, 7) is 0. The largest absolute Gasteiger partial charge is 0.161 e. The van der Waals surface area contributed by atoms with Crippen LogP contribution in [-0.2, 0) is 0 Å². The van der Waals surface area contributed by atoms with Gasteiger partial charge in [0.15, 0.2) is 0 Å². The lowest BCUT2D eigenvalue weighted by Crippen LogP contribution is -1.89. The highest BCUT2D eigenvalue weighted by molar-refractivity contribution is 7.98. The summed E-state index contributed by atoms with van der Waals surface area (Å²) >= 11 is 1.91. The Balaban J connectivity index is 2.38. The van der Waals surface area contributed by atoms with Gasteiger partial charge in [-0.1, -0.05) is 23.8 Å². The first-order valence-electron chi connectivity index (χ1n) is 3.27. The molecule has 0 aromatic rings. The first-order valence-corrected chi connectivity index (χ1v) is 4.66. The molecule has 0 N–H and O–H groups in total. The summed E-state index contributed by atoms with van der Waals surface area (Å²) in [6.07, 6.45) is 11.3. The van der Waals surface area contributed by atoms with E-state index in [1.807, 2.05) is 11.8 Å². The minimum absolute atomic E-state index is 1.21. The molecule has 0 spiro atoms. The van der Waals surface area contributed by atoms with Crippen LogP contribution in [0.3, 0.4) is 0 Å². The molecule has 0 nitrogen and oxygen atoms in total. The molecule has 0 atom stereocenters. The lowest BCUT2D eigenvalue weighted by Gasteiger charge is -2.05. The highest BCUT2D eigenvalue weighted by Crippen LogP contribution is 2.14. The Morgan fingerprint density at radius 1 is 1.67 bits per heavy atom. The molecule has 0 heterocycles. The van der Waals surface area contributed by atoms with Gasteiger partial charge in [0.2, 0.25) is 0 Å². The van der Waals surface area contributed by atoms with Crippen LogP contribution in [0.1, 0.15) is 12.8 Å². The van der Waals surface area contributed by atoms with Crippen molar-refractivity contribution in [1.82, 2.24) is 0 Å². The molecule has 0 amide bonds. The highest BCUT2D eigenvalue weighted by Gasteiger charge is 1.96. The molecule has 0 fully saturated rings. The van der Waals surface area contributed by atoms with Crippen LogP contribution in [0.25, 0.3) is 0 Å². The molecule has 0 saturated carbocycles. The van der Waals surface area contributed by atoms with Gasteiger partial charge in [-0.2, -0.15) is 11.8 Å². The fourth-order valence-electron chi connectivity index (χ4n) is 0.958. The average molecular weight is 140 g/mol. The molecule has 0 bridgehead atoms. The van der Waals surface area contributed by atoms with Crippen LogP contribution < -0.4 is 0 Å². The number of hydrogen-bond donors (Lipinski definition) is 0. The third-order valence-electron chi connectivity index (χ3n) is 1.43. The molecule has 0 aromatic heterocycles. The van der Waals surface area contributed by atoms with E-state index in [4.69, 9.17) is 0 Å². The van der Waals surface area contributed by atoms with Crippen LogP contribution in [0, 0.1) is 0 Å². The van der Waals surface area contributed by atoms with E-state index in [1.54, 1.807) is 5.57 Å². The molecule has 1 rings (SSSR count). The third kappa shape index (κ3) is 2.27. The Morgan fingerprint density at radius 3 is 3.11 bits per heavy atom. The number of hydrogen-bond acceptors (Lipinski definition) is 1. The van der Waals surface area contributed by atoms with Gasteiger partial charge in [-0.25, -0.2) is 0 Å². The molecule has 1 heteroatoms. The van der Waals surface area contributed by atoms with E-state index in [9.17, 15) is 0 Å². The standard InChI is InChI=1S/C8H12S/c1-9-7-8-5-3-2-4-6-8/h2-3,5H,4,6-7H2,1H3. The summed E-state index contributed by atoms with van der Waals surface area (Å²) in [5, 5.41) is 0. The Morgan fingerprint density at radius 2 is 2.56 bits per heavy atom. The Bertz CT molecular complexity index is 134. The first kappa shape index (κ1) is 6.94. The minimum Gasteiger partial charge on any atom is -0.161 e. The highest BCUT2D eigenvalue weighted by atomic mass is 32.2. The van der Waals surface area contributed by atoms with Gasteiger partial charge in [-0.3, -0.25) is 0 Å². The van der Waals surface area contributed by atoms with E-state index >= 15 is 0 Å². The average Bonchev–Trinajstić information content (AvgIpc) is 1.91. The van der Waals surface area contributed by atoms with Crippen LogP contribution >= 0.6 is 11.8 Å². The topological polar surface area (TPSA) is 0 Å². The molecular formula is C8H12S. The summed E-state index contributed by atoms with van der Waals surface area (Å²) in [5.41, 5.74) is 1.59. The van der Waals surface area contributed by atoms with E-state index < -0.39 is 0 Å². The summed E-state index contributed by atoms with van der Waals surface area (Å²) in [4.78, 5) is 0. The summed E-state index contributed by atoms with van der Waals surface area (Å²) in [6, 6.07) is 0. The normalized spacial score (nSPS) is 17.7. The predicted molar refractivity (Wildman–Crippen MR) is 44.8 cm³/mol. The predicted octanol–water partition coefficient (Wildman–Crippen LogP) is 2.63. The molecule has 0 radical (unpaired) electrons. The van der Waals surface area contributed by atoms with E-state index in [1.165, 1.54) is 18.6 Å². The zero-order valence-corrected chi connectivity index (χ0v) is 6.58. The van der Waals surface area contributed by atoms with Crippen LogP contribution in [0.5, 0.6) is 0 Å². The number of allylic oxidation sites excluding steroid dienone is 3. The lowest BCUT2D eigenvalue weighted by atomic mass is 10.1. The molecule has 0 unspecified atom stereocenters. The zero-order chi connectivity index (χ0) is 6.53. The maximum atomic E-state index is 2.24. The third-order valence-corrected chi connectivity index (χ3v) is 2.09. The number of rotatable bonds is 2. The van der Waals surface area contributed by atoms with E-state index in [0.29, 0.717) is 0 Å². The smallest absolute Gasteiger partial charge is 0.0143 e.